The Kier molecular flexibility index (Phi) is 4.26. The van der Waals surface area contributed by atoms with E-state index >= 15 is 0 Å². The summed E-state index contributed by atoms with van der Waals surface area (Å²) >= 11 is 0. The lowest BCUT2D eigenvalue weighted by Crippen LogP contribution is -1.90. The fourth-order valence-corrected chi connectivity index (χ4v) is 1.68. The molecule has 0 fully saturated rings. The van der Waals surface area contributed by atoms with Crippen molar-refractivity contribution in [1.82, 2.24) is 0 Å². The number of nitrogens with zero attached hydrogens (tertiary/aromatic N) is 3. The fourth-order valence-electron chi connectivity index (χ4n) is 1.68. The molecule has 6 nitrogen and oxygen atoms in total. The summed E-state index contributed by atoms with van der Waals surface area (Å²) in [4.78, 5) is 14.5. The van der Waals surface area contributed by atoms with Gasteiger partial charge in [0.2, 0.25) is 0 Å². The third-order valence-electron chi connectivity index (χ3n) is 2.77. The monoisotopic (exact) mass is 281 g/mol. The third-order valence-corrected chi connectivity index (χ3v) is 2.77. The number of nitro groups is 1. The van der Waals surface area contributed by atoms with Crippen LogP contribution >= 0.6 is 0 Å². The molecule has 0 aromatic heterocycles. The average Bonchev–Trinajstić information content (AvgIpc) is 2.53. The standard InChI is InChI=1S/C15H11N3O3/c1-21-15-7-6-13(18(19)20)8-14(15)17-10-12-4-2-11(9-16)3-5-12/h2-8,10H,1H3. The van der Waals surface area contributed by atoms with Gasteiger partial charge in [0.25, 0.3) is 5.69 Å². The number of non-ortho nitro benzene ring substituents is 1. The smallest absolute Gasteiger partial charge is 0.271 e. The van der Waals surface area contributed by atoms with Gasteiger partial charge in [-0.15, -0.1) is 0 Å². The van der Waals surface area contributed by atoms with Gasteiger partial charge in [0.05, 0.1) is 23.7 Å². The molecule has 0 N–H and O–H groups in total. The number of ether oxygens (including phenoxy) is 1. The van der Waals surface area contributed by atoms with Gasteiger partial charge in [0.1, 0.15) is 11.4 Å². The molecule has 0 unspecified atom stereocenters. The van der Waals surface area contributed by atoms with Gasteiger partial charge in [0.15, 0.2) is 0 Å². The van der Waals surface area contributed by atoms with Gasteiger partial charge < -0.3 is 4.74 Å². The maximum atomic E-state index is 10.8. The summed E-state index contributed by atoms with van der Waals surface area (Å²) in [6.07, 6.45) is 1.56. The van der Waals surface area contributed by atoms with Gasteiger partial charge in [-0.05, 0) is 23.8 Å². The van der Waals surface area contributed by atoms with E-state index in [0.717, 1.165) is 5.56 Å². The molecule has 104 valence electrons. The van der Waals surface area contributed by atoms with E-state index in [0.29, 0.717) is 17.0 Å². The number of rotatable bonds is 4. The summed E-state index contributed by atoms with van der Waals surface area (Å²) in [6, 6.07) is 13.1. The number of nitro benzene ring substituents is 1. The van der Waals surface area contributed by atoms with Crippen LogP contribution in [0.3, 0.4) is 0 Å². The lowest BCUT2D eigenvalue weighted by atomic mass is 10.2. The molecule has 0 aliphatic carbocycles. The van der Waals surface area contributed by atoms with Crippen LogP contribution in [0.1, 0.15) is 11.1 Å². The first-order chi connectivity index (χ1) is 10.1. The molecule has 0 saturated heterocycles. The molecule has 0 saturated carbocycles. The zero-order chi connectivity index (χ0) is 15.2. The summed E-state index contributed by atoms with van der Waals surface area (Å²) < 4.78 is 5.13. The van der Waals surface area contributed by atoms with E-state index in [1.807, 2.05) is 6.07 Å². The number of methoxy groups -OCH3 is 1. The summed E-state index contributed by atoms with van der Waals surface area (Å²) in [5.41, 5.74) is 1.65. The summed E-state index contributed by atoms with van der Waals surface area (Å²) in [7, 11) is 1.47. The van der Waals surface area contributed by atoms with E-state index in [1.165, 1.54) is 25.3 Å². The van der Waals surface area contributed by atoms with Crippen molar-refractivity contribution in [3.05, 3.63) is 63.7 Å². The van der Waals surface area contributed by atoms with Gasteiger partial charge in [0, 0.05) is 18.3 Å². The molecule has 0 heterocycles. The molecule has 0 radical (unpaired) electrons. The van der Waals surface area contributed by atoms with Gasteiger partial charge in [-0.2, -0.15) is 5.26 Å². The molecule has 0 amide bonds. The molecule has 2 rings (SSSR count). The third kappa shape index (κ3) is 3.42. The minimum Gasteiger partial charge on any atom is -0.494 e. The first-order valence-corrected chi connectivity index (χ1v) is 6.00. The largest absolute Gasteiger partial charge is 0.494 e. The normalized spacial score (nSPS) is 10.3. The fraction of sp³-hybridized carbons (Fsp3) is 0.0667. The quantitative estimate of drug-likeness (QED) is 0.489. The molecule has 21 heavy (non-hydrogen) atoms. The van der Waals surface area contributed by atoms with Crippen LogP contribution in [-0.2, 0) is 0 Å². The van der Waals surface area contributed by atoms with Crippen LogP contribution in [-0.4, -0.2) is 18.2 Å². The molecule has 2 aromatic carbocycles. The second-order valence-corrected chi connectivity index (χ2v) is 4.11. The van der Waals surface area contributed by atoms with Crippen molar-refractivity contribution in [2.45, 2.75) is 0 Å². The van der Waals surface area contributed by atoms with Crippen LogP contribution in [0.5, 0.6) is 5.75 Å². The van der Waals surface area contributed by atoms with Gasteiger partial charge in [-0.1, -0.05) is 12.1 Å². The zero-order valence-electron chi connectivity index (χ0n) is 11.2. The Balaban J connectivity index is 2.32. The maximum absolute atomic E-state index is 10.8. The molecule has 2 aromatic rings. The molecular weight excluding hydrogens is 270 g/mol. The van der Waals surface area contributed by atoms with Crippen LogP contribution < -0.4 is 4.74 Å². The Labute approximate surface area is 121 Å². The first kappa shape index (κ1) is 14.2. The minimum atomic E-state index is -0.486. The highest BCUT2D eigenvalue weighted by molar-refractivity contribution is 5.83. The molecular formula is C15H11N3O3. The highest BCUT2D eigenvalue weighted by Crippen LogP contribution is 2.31. The average molecular weight is 281 g/mol. The number of benzene rings is 2. The van der Waals surface area contributed by atoms with Crippen molar-refractivity contribution in [3.8, 4) is 11.8 Å². The van der Waals surface area contributed by atoms with Crippen molar-refractivity contribution in [1.29, 1.82) is 5.26 Å². The first-order valence-electron chi connectivity index (χ1n) is 6.00. The topological polar surface area (TPSA) is 88.5 Å². The molecule has 6 heteroatoms. The van der Waals surface area contributed by atoms with Crippen LogP contribution in [0.4, 0.5) is 11.4 Å². The van der Waals surface area contributed by atoms with Crippen molar-refractivity contribution >= 4 is 17.6 Å². The van der Waals surface area contributed by atoms with E-state index in [4.69, 9.17) is 10.00 Å². The van der Waals surface area contributed by atoms with Crippen LogP contribution in [0.15, 0.2) is 47.5 Å². The molecule has 0 atom stereocenters. The summed E-state index contributed by atoms with van der Waals surface area (Å²) in [5, 5.41) is 19.5. The second kappa shape index (κ2) is 6.30. The predicted octanol–water partition coefficient (Wildman–Crippen LogP) is 3.23. The Bertz CT molecular complexity index is 731. The predicted molar refractivity (Wildman–Crippen MR) is 78.1 cm³/mol. The van der Waals surface area contributed by atoms with E-state index in [9.17, 15) is 10.1 Å². The van der Waals surface area contributed by atoms with Crippen molar-refractivity contribution in [2.75, 3.05) is 7.11 Å². The number of hydrogen-bond acceptors (Lipinski definition) is 5. The van der Waals surface area contributed by atoms with Crippen molar-refractivity contribution in [3.63, 3.8) is 0 Å². The van der Waals surface area contributed by atoms with Crippen molar-refractivity contribution < 1.29 is 9.66 Å². The SMILES string of the molecule is COc1ccc([N+](=O)[O-])cc1N=Cc1ccc(C#N)cc1. The summed E-state index contributed by atoms with van der Waals surface area (Å²) in [6.45, 7) is 0. The Morgan fingerprint density at radius 1 is 1.29 bits per heavy atom. The zero-order valence-corrected chi connectivity index (χ0v) is 11.2. The highest BCUT2D eigenvalue weighted by atomic mass is 16.6. The van der Waals surface area contributed by atoms with Crippen LogP contribution in [0.25, 0.3) is 0 Å². The highest BCUT2D eigenvalue weighted by Gasteiger charge is 2.10. The van der Waals surface area contributed by atoms with Gasteiger partial charge >= 0.3 is 0 Å². The second-order valence-electron chi connectivity index (χ2n) is 4.11. The molecule has 0 bridgehead atoms. The van der Waals surface area contributed by atoms with E-state index in [1.54, 1.807) is 30.5 Å². The van der Waals surface area contributed by atoms with Gasteiger partial charge in [-0.25, -0.2) is 0 Å². The molecule has 0 aliphatic rings. The lowest BCUT2D eigenvalue weighted by molar-refractivity contribution is -0.384. The molecule has 0 aliphatic heterocycles. The number of hydrogen-bond donors (Lipinski definition) is 0. The summed E-state index contributed by atoms with van der Waals surface area (Å²) in [5.74, 6) is 0.450. The van der Waals surface area contributed by atoms with Crippen LogP contribution in [0.2, 0.25) is 0 Å². The lowest BCUT2D eigenvalue weighted by Gasteiger charge is -2.03. The molecule has 0 spiro atoms. The van der Waals surface area contributed by atoms with Crippen LogP contribution in [0, 0.1) is 21.4 Å². The maximum Gasteiger partial charge on any atom is 0.271 e. The Morgan fingerprint density at radius 2 is 2.00 bits per heavy atom. The Hall–Kier alpha value is -3.20. The minimum absolute atomic E-state index is 0.0530. The number of aliphatic imine (C=N–C) groups is 1. The van der Waals surface area contributed by atoms with Gasteiger partial charge in [-0.3, -0.25) is 15.1 Å². The van der Waals surface area contributed by atoms with Crippen molar-refractivity contribution in [2.24, 2.45) is 4.99 Å². The van der Waals surface area contributed by atoms with E-state index in [-0.39, 0.29) is 5.69 Å². The van der Waals surface area contributed by atoms with E-state index < -0.39 is 4.92 Å². The van der Waals surface area contributed by atoms with E-state index in [2.05, 4.69) is 4.99 Å². The Morgan fingerprint density at radius 3 is 2.57 bits per heavy atom. The number of nitriles is 1.